The van der Waals surface area contributed by atoms with Gasteiger partial charge < -0.3 is 4.90 Å². The van der Waals surface area contributed by atoms with Crippen LogP contribution in [0.3, 0.4) is 0 Å². The maximum absolute atomic E-state index is 5.91. The van der Waals surface area contributed by atoms with Gasteiger partial charge >= 0.3 is 0 Å². The van der Waals surface area contributed by atoms with E-state index in [1.807, 2.05) is 12.1 Å². The molecule has 2 aromatic rings. The molecule has 0 radical (unpaired) electrons. The number of halogens is 1. The van der Waals surface area contributed by atoms with Crippen LogP contribution in [-0.4, -0.2) is 19.0 Å². The van der Waals surface area contributed by atoms with Gasteiger partial charge in [-0.1, -0.05) is 48.0 Å². The highest BCUT2D eigenvalue weighted by Crippen LogP contribution is 2.17. The van der Waals surface area contributed by atoms with Crippen LogP contribution in [0.4, 0.5) is 0 Å². The van der Waals surface area contributed by atoms with Crippen molar-refractivity contribution in [1.29, 1.82) is 0 Å². The average Bonchev–Trinajstić information content (AvgIpc) is 2.34. The number of nitrogens with zero attached hydrogens (tertiary/aromatic N) is 1. The van der Waals surface area contributed by atoms with E-state index in [0.29, 0.717) is 0 Å². The maximum Gasteiger partial charge on any atom is 0.0406 e. The third kappa shape index (κ3) is 3.59. The molecule has 18 heavy (non-hydrogen) atoms. The molecule has 0 N–H and O–H groups in total. The molecule has 0 aliphatic carbocycles. The molecular formula is C16H18ClN. The predicted molar refractivity (Wildman–Crippen MR) is 78.1 cm³/mol. The fourth-order valence-corrected chi connectivity index (χ4v) is 2.17. The van der Waals surface area contributed by atoms with E-state index >= 15 is 0 Å². The Morgan fingerprint density at radius 1 is 0.889 bits per heavy atom. The zero-order valence-electron chi connectivity index (χ0n) is 10.9. The van der Waals surface area contributed by atoms with Gasteiger partial charge in [0.15, 0.2) is 0 Å². The summed E-state index contributed by atoms with van der Waals surface area (Å²) in [6.45, 7) is 0.976. The van der Waals surface area contributed by atoms with Crippen LogP contribution in [0, 0.1) is 0 Å². The van der Waals surface area contributed by atoms with Crippen LogP contribution in [0.1, 0.15) is 16.7 Å². The molecule has 0 unspecified atom stereocenters. The molecule has 0 saturated carbocycles. The van der Waals surface area contributed by atoms with Gasteiger partial charge in [-0.15, -0.1) is 0 Å². The molecule has 0 fully saturated rings. The second kappa shape index (κ2) is 6.03. The summed E-state index contributed by atoms with van der Waals surface area (Å²) in [4.78, 5) is 2.20. The van der Waals surface area contributed by atoms with Crippen molar-refractivity contribution in [2.75, 3.05) is 14.1 Å². The lowest BCUT2D eigenvalue weighted by atomic mass is 9.99. The highest BCUT2D eigenvalue weighted by Gasteiger charge is 2.04. The lowest BCUT2D eigenvalue weighted by Gasteiger charge is -2.14. The largest absolute Gasteiger partial charge is 0.305 e. The van der Waals surface area contributed by atoms with Gasteiger partial charge in [0.05, 0.1) is 0 Å². The monoisotopic (exact) mass is 259 g/mol. The van der Waals surface area contributed by atoms with Gasteiger partial charge in [0.1, 0.15) is 0 Å². The number of rotatable bonds is 4. The lowest BCUT2D eigenvalue weighted by Crippen LogP contribution is -2.12. The lowest BCUT2D eigenvalue weighted by molar-refractivity contribution is 0.401. The Bertz CT molecular complexity index is 503. The normalized spacial score (nSPS) is 10.9. The zero-order valence-corrected chi connectivity index (χ0v) is 11.6. The maximum atomic E-state index is 5.91. The molecule has 2 rings (SSSR count). The molecular weight excluding hydrogens is 242 g/mol. The standard InChI is InChI=1S/C16H18ClN/c1-18(2)12-15-6-4-3-5-14(15)11-13-7-9-16(17)10-8-13/h3-10H,11-12H2,1-2H3. The summed E-state index contributed by atoms with van der Waals surface area (Å²) >= 11 is 5.91. The Labute approximate surface area is 114 Å². The van der Waals surface area contributed by atoms with Crippen molar-refractivity contribution >= 4 is 11.6 Å². The first-order valence-corrected chi connectivity index (χ1v) is 6.49. The van der Waals surface area contributed by atoms with Crippen molar-refractivity contribution in [3.8, 4) is 0 Å². The Morgan fingerprint density at radius 3 is 2.11 bits per heavy atom. The molecule has 0 aliphatic heterocycles. The van der Waals surface area contributed by atoms with Crippen LogP contribution in [0.15, 0.2) is 48.5 Å². The second-order valence-corrected chi connectivity index (χ2v) is 5.25. The quantitative estimate of drug-likeness (QED) is 0.803. The van der Waals surface area contributed by atoms with Crippen molar-refractivity contribution in [2.45, 2.75) is 13.0 Å². The molecule has 0 atom stereocenters. The van der Waals surface area contributed by atoms with Crippen LogP contribution in [0.5, 0.6) is 0 Å². The molecule has 0 spiro atoms. The Hall–Kier alpha value is -1.31. The Balaban J connectivity index is 2.20. The summed E-state index contributed by atoms with van der Waals surface area (Å²) in [5.74, 6) is 0. The van der Waals surface area contributed by atoms with Gasteiger partial charge in [0.2, 0.25) is 0 Å². The van der Waals surface area contributed by atoms with Crippen LogP contribution in [0.25, 0.3) is 0 Å². The first-order chi connectivity index (χ1) is 8.65. The first kappa shape index (κ1) is 13.1. The van der Waals surface area contributed by atoms with Crippen LogP contribution in [0.2, 0.25) is 5.02 Å². The third-order valence-electron chi connectivity index (χ3n) is 2.91. The molecule has 0 amide bonds. The molecule has 0 aliphatic rings. The Kier molecular flexibility index (Phi) is 4.40. The fourth-order valence-electron chi connectivity index (χ4n) is 2.05. The molecule has 2 heteroatoms. The topological polar surface area (TPSA) is 3.24 Å². The van der Waals surface area contributed by atoms with Crippen molar-refractivity contribution < 1.29 is 0 Å². The van der Waals surface area contributed by atoms with E-state index in [2.05, 4.69) is 55.4 Å². The SMILES string of the molecule is CN(C)Cc1ccccc1Cc1ccc(Cl)cc1. The summed E-state index contributed by atoms with van der Waals surface area (Å²) in [5, 5.41) is 0.792. The van der Waals surface area contributed by atoms with E-state index in [9.17, 15) is 0 Å². The van der Waals surface area contributed by atoms with E-state index in [1.54, 1.807) is 0 Å². The number of hydrogen-bond donors (Lipinski definition) is 0. The molecule has 0 aromatic heterocycles. The molecule has 94 valence electrons. The number of benzene rings is 2. The molecule has 0 saturated heterocycles. The minimum absolute atomic E-state index is 0.792. The fraction of sp³-hybridized carbons (Fsp3) is 0.250. The van der Waals surface area contributed by atoms with Crippen LogP contribution < -0.4 is 0 Å². The van der Waals surface area contributed by atoms with E-state index in [0.717, 1.165) is 18.0 Å². The van der Waals surface area contributed by atoms with Gasteiger partial charge in [0.25, 0.3) is 0 Å². The summed E-state index contributed by atoms with van der Waals surface area (Å²) in [5.41, 5.74) is 4.07. The number of hydrogen-bond acceptors (Lipinski definition) is 1. The van der Waals surface area contributed by atoms with E-state index in [4.69, 9.17) is 11.6 Å². The van der Waals surface area contributed by atoms with Gasteiger partial charge in [-0.25, -0.2) is 0 Å². The smallest absolute Gasteiger partial charge is 0.0406 e. The molecule has 0 bridgehead atoms. The van der Waals surface area contributed by atoms with E-state index in [1.165, 1.54) is 16.7 Å². The second-order valence-electron chi connectivity index (χ2n) is 4.81. The van der Waals surface area contributed by atoms with E-state index in [-0.39, 0.29) is 0 Å². The third-order valence-corrected chi connectivity index (χ3v) is 3.16. The van der Waals surface area contributed by atoms with Crippen LogP contribution >= 0.6 is 11.6 Å². The highest BCUT2D eigenvalue weighted by atomic mass is 35.5. The summed E-state index contributed by atoms with van der Waals surface area (Å²) in [6.07, 6.45) is 0.960. The summed E-state index contributed by atoms with van der Waals surface area (Å²) in [6, 6.07) is 16.7. The van der Waals surface area contributed by atoms with E-state index < -0.39 is 0 Å². The molecule has 2 aromatic carbocycles. The minimum Gasteiger partial charge on any atom is -0.305 e. The summed E-state index contributed by atoms with van der Waals surface area (Å²) < 4.78 is 0. The zero-order chi connectivity index (χ0) is 13.0. The minimum atomic E-state index is 0.792. The highest BCUT2D eigenvalue weighted by molar-refractivity contribution is 6.30. The molecule has 1 nitrogen and oxygen atoms in total. The van der Waals surface area contributed by atoms with Crippen molar-refractivity contribution in [1.82, 2.24) is 4.90 Å². The van der Waals surface area contributed by atoms with Crippen molar-refractivity contribution in [3.05, 3.63) is 70.2 Å². The van der Waals surface area contributed by atoms with Crippen molar-refractivity contribution in [2.24, 2.45) is 0 Å². The van der Waals surface area contributed by atoms with Gasteiger partial charge in [-0.2, -0.15) is 0 Å². The average molecular weight is 260 g/mol. The first-order valence-electron chi connectivity index (χ1n) is 6.11. The van der Waals surface area contributed by atoms with Gasteiger partial charge in [-0.3, -0.25) is 0 Å². The van der Waals surface area contributed by atoms with Crippen LogP contribution in [-0.2, 0) is 13.0 Å². The summed E-state index contributed by atoms with van der Waals surface area (Å²) in [7, 11) is 4.19. The van der Waals surface area contributed by atoms with Crippen molar-refractivity contribution in [3.63, 3.8) is 0 Å². The molecule has 0 heterocycles. The predicted octanol–water partition coefficient (Wildman–Crippen LogP) is 3.99. The Morgan fingerprint density at radius 2 is 1.50 bits per heavy atom. The van der Waals surface area contributed by atoms with Gasteiger partial charge in [-0.05, 0) is 49.3 Å². The van der Waals surface area contributed by atoms with Gasteiger partial charge in [0, 0.05) is 11.6 Å².